The molecule has 0 aromatic heterocycles. The summed E-state index contributed by atoms with van der Waals surface area (Å²) >= 11 is 7.03. The van der Waals surface area contributed by atoms with Gasteiger partial charge in [0.05, 0.1) is 0 Å². The molecule has 6 rings (SSSR count). The van der Waals surface area contributed by atoms with Crippen molar-refractivity contribution in [3.05, 3.63) is 68.3 Å². The number of carbonyl (C=O) groups excluding carboxylic acids is 1. The van der Waals surface area contributed by atoms with Crippen molar-refractivity contribution in [3.63, 3.8) is 0 Å². The molecular formula is C27H28Br2O. The van der Waals surface area contributed by atoms with Crippen molar-refractivity contribution in [2.45, 2.75) is 80.8 Å². The van der Waals surface area contributed by atoms with E-state index in [0.29, 0.717) is 5.41 Å². The van der Waals surface area contributed by atoms with E-state index in [1.165, 1.54) is 73.6 Å². The second kappa shape index (κ2) is 7.30. The lowest BCUT2D eigenvalue weighted by Gasteiger charge is -2.23. The lowest BCUT2D eigenvalue weighted by Crippen LogP contribution is -2.22. The van der Waals surface area contributed by atoms with E-state index in [9.17, 15) is 4.79 Å². The zero-order valence-electron chi connectivity index (χ0n) is 17.5. The highest BCUT2D eigenvalue weighted by Gasteiger charge is 2.45. The van der Waals surface area contributed by atoms with Crippen LogP contribution in [0.4, 0.5) is 0 Å². The minimum absolute atomic E-state index is 0.230. The zero-order chi connectivity index (χ0) is 20.5. The second-order valence-corrected chi connectivity index (χ2v) is 13.3. The Morgan fingerprint density at radius 2 is 1.20 bits per heavy atom. The number of Topliss-reactive ketones (excluding diaryl/α,β-unsaturated/α-hetero) is 1. The third-order valence-corrected chi connectivity index (χ3v) is 9.04. The first kappa shape index (κ1) is 19.7. The van der Waals surface area contributed by atoms with Crippen LogP contribution < -0.4 is 0 Å². The molecule has 3 heteroatoms. The number of ketones is 1. The Morgan fingerprint density at radius 3 is 1.83 bits per heavy atom. The van der Waals surface area contributed by atoms with Crippen molar-refractivity contribution in [1.29, 1.82) is 0 Å². The van der Waals surface area contributed by atoms with Gasteiger partial charge in [-0.1, -0.05) is 50.1 Å². The number of hydrogen-bond donors (Lipinski definition) is 0. The first-order valence-corrected chi connectivity index (χ1v) is 13.5. The summed E-state index contributed by atoms with van der Waals surface area (Å²) in [6.07, 6.45) is 14.5. The van der Waals surface area contributed by atoms with Gasteiger partial charge < -0.3 is 0 Å². The van der Waals surface area contributed by atoms with Crippen LogP contribution in [0.3, 0.4) is 0 Å². The Bertz CT molecular complexity index is 1030. The Kier molecular flexibility index (Phi) is 4.80. The van der Waals surface area contributed by atoms with Gasteiger partial charge in [0, 0.05) is 5.56 Å². The Labute approximate surface area is 196 Å². The predicted octanol–water partition coefficient (Wildman–Crippen LogP) is 6.63. The predicted molar refractivity (Wildman–Crippen MR) is 129 cm³/mol. The standard InChI is InChI=1S/C27H28Br2O/c28-26(29)25(30)24-22-8-4-3-7-18(22)11-21-14-27(15-23(21)24)12-19-9-16-5-1-2-6-17(16)10-20(19)13-27/h9-11,26H,1-8,12-15H2. The Morgan fingerprint density at radius 1 is 0.667 bits per heavy atom. The van der Waals surface area contributed by atoms with Crippen LogP contribution in [0.5, 0.6) is 0 Å². The van der Waals surface area contributed by atoms with Crippen LogP contribution in [0, 0.1) is 5.41 Å². The van der Waals surface area contributed by atoms with Crippen molar-refractivity contribution >= 4 is 37.6 Å². The first-order valence-electron chi connectivity index (χ1n) is 11.7. The molecule has 4 aliphatic rings. The average Bonchev–Trinajstić information content (AvgIpc) is 3.26. The van der Waals surface area contributed by atoms with Gasteiger partial charge >= 0.3 is 0 Å². The summed E-state index contributed by atoms with van der Waals surface area (Å²) in [6, 6.07) is 7.58. The lowest BCUT2D eigenvalue weighted by atomic mass is 9.81. The quantitative estimate of drug-likeness (QED) is 0.316. The first-order chi connectivity index (χ1) is 14.5. The number of fused-ring (bicyclic) bond motifs is 4. The minimum Gasteiger partial charge on any atom is -0.292 e. The molecule has 0 amide bonds. The fourth-order valence-electron chi connectivity index (χ4n) is 6.96. The van der Waals surface area contributed by atoms with Crippen LogP contribution in [0.2, 0.25) is 0 Å². The van der Waals surface area contributed by atoms with Crippen molar-refractivity contribution in [2.24, 2.45) is 5.41 Å². The summed E-state index contributed by atoms with van der Waals surface area (Å²) in [5.74, 6) is 0.230. The zero-order valence-corrected chi connectivity index (χ0v) is 20.6. The number of hydrogen-bond acceptors (Lipinski definition) is 1. The van der Waals surface area contributed by atoms with Gasteiger partial charge in [0.1, 0.15) is 3.74 Å². The number of alkyl halides is 2. The molecule has 0 atom stereocenters. The summed E-state index contributed by atoms with van der Waals surface area (Å²) in [5.41, 5.74) is 13.4. The van der Waals surface area contributed by atoms with Gasteiger partial charge in [0.2, 0.25) is 0 Å². The Balaban J connectivity index is 1.40. The number of rotatable bonds is 2. The van der Waals surface area contributed by atoms with Crippen LogP contribution in [0.15, 0.2) is 18.2 Å². The smallest absolute Gasteiger partial charge is 0.187 e. The molecule has 0 aliphatic heterocycles. The summed E-state index contributed by atoms with van der Waals surface area (Å²) in [7, 11) is 0. The molecule has 0 heterocycles. The van der Waals surface area contributed by atoms with Crippen LogP contribution >= 0.6 is 31.9 Å². The molecule has 4 aliphatic carbocycles. The monoisotopic (exact) mass is 526 g/mol. The van der Waals surface area contributed by atoms with E-state index in [2.05, 4.69) is 50.1 Å². The summed E-state index contributed by atoms with van der Waals surface area (Å²) in [5, 5.41) is 0. The third-order valence-electron chi connectivity index (χ3n) is 8.21. The average molecular weight is 528 g/mol. The van der Waals surface area contributed by atoms with Gasteiger partial charge in [-0.05, 0) is 127 Å². The van der Waals surface area contributed by atoms with Gasteiger partial charge in [0.25, 0.3) is 0 Å². The highest BCUT2D eigenvalue weighted by atomic mass is 79.9. The van der Waals surface area contributed by atoms with Gasteiger partial charge in [-0.3, -0.25) is 4.79 Å². The van der Waals surface area contributed by atoms with E-state index in [1.54, 1.807) is 22.3 Å². The molecule has 0 N–H and O–H groups in total. The van der Waals surface area contributed by atoms with Gasteiger partial charge in [0.15, 0.2) is 5.78 Å². The SMILES string of the molecule is O=C(c1c2c(cc3c1CC1(Cc4cc5c(cc4C1)CCCC5)C3)CCCC2)C(Br)Br. The maximum absolute atomic E-state index is 13.3. The molecule has 2 aromatic carbocycles. The molecule has 2 aromatic rings. The molecule has 30 heavy (non-hydrogen) atoms. The van der Waals surface area contributed by atoms with E-state index in [1.807, 2.05) is 0 Å². The maximum Gasteiger partial charge on any atom is 0.187 e. The molecule has 0 saturated carbocycles. The second-order valence-electron chi connectivity index (χ2n) is 10.2. The number of halogens is 2. The summed E-state index contributed by atoms with van der Waals surface area (Å²) in [4.78, 5) is 13.3. The molecule has 0 unspecified atom stereocenters. The minimum atomic E-state index is -0.286. The summed E-state index contributed by atoms with van der Waals surface area (Å²) in [6.45, 7) is 0. The van der Waals surface area contributed by atoms with Crippen molar-refractivity contribution < 1.29 is 4.79 Å². The third kappa shape index (κ3) is 3.10. The van der Waals surface area contributed by atoms with Crippen LogP contribution in [0.25, 0.3) is 0 Å². The van der Waals surface area contributed by atoms with Gasteiger partial charge in [-0.25, -0.2) is 0 Å². The molecule has 0 bridgehead atoms. The van der Waals surface area contributed by atoms with E-state index in [4.69, 9.17) is 0 Å². The van der Waals surface area contributed by atoms with Crippen molar-refractivity contribution in [3.8, 4) is 0 Å². The molecule has 0 saturated heterocycles. The van der Waals surface area contributed by atoms with Crippen LogP contribution in [-0.4, -0.2) is 9.52 Å². The summed E-state index contributed by atoms with van der Waals surface area (Å²) < 4.78 is -0.286. The highest BCUT2D eigenvalue weighted by Crippen LogP contribution is 2.50. The molecule has 1 spiro atoms. The lowest BCUT2D eigenvalue weighted by molar-refractivity contribution is 0.101. The van der Waals surface area contributed by atoms with Crippen molar-refractivity contribution in [1.82, 2.24) is 0 Å². The van der Waals surface area contributed by atoms with Crippen LogP contribution in [-0.2, 0) is 51.4 Å². The van der Waals surface area contributed by atoms with Crippen LogP contribution in [0.1, 0.15) is 80.5 Å². The molecule has 1 nitrogen and oxygen atoms in total. The van der Waals surface area contributed by atoms with Gasteiger partial charge in [-0.2, -0.15) is 0 Å². The fraction of sp³-hybridized carbons (Fsp3) is 0.519. The molecule has 0 fully saturated rings. The van der Waals surface area contributed by atoms with Crippen molar-refractivity contribution in [2.75, 3.05) is 0 Å². The Hall–Kier alpha value is -0.930. The van der Waals surface area contributed by atoms with Gasteiger partial charge in [-0.15, -0.1) is 0 Å². The van der Waals surface area contributed by atoms with E-state index in [-0.39, 0.29) is 9.52 Å². The maximum atomic E-state index is 13.3. The highest BCUT2D eigenvalue weighted by molar-refractivity contribution is 9.25. The number of aryl methyl sites for hydroxylation is 3. The molecule has 156 valence electrons. The largest absolute Gasteiger partial charge is 0.292 e. The topological polar surface area (TPSA) is 17.1 Å². The normalized spacial score (nSPS) is 20.8. The van der Waals surface area contributed by atoms with E-state index < -0.39 is 0 Å². The molecule has 0 radical (unpaired) electrons. The van der Waals surface area contributed by atoms with E-state index >= 15 is 0 Å². The fourth-order valence-corrected chi connectivity index (χ4v) is 7.42. The number of benzene rings is 2. The molecular weight excluding hydrogens is 500 g/mol. The number of carbonyl (C=O) groups is 1. The van der Waals surface area contributed by atoms with E-state index in [0.717, 1.165) is 31.2 Å².